The summed E-state index contributed by atoms with van der Waals surface area (Å²) in [6, 6.07) is 11.2. The topological polar surface area (TPSA) is 67.3 Å². The van der Waals surface area contributed by atoms with E-state index in [1.54, 1.807) is 31.3 Å². The van der Waals surface area contributed by atoms with Gasteiger partial charge < -0.3 is 10.1 Å². The van der Waals surface area contributed by atoms with Gasteiger partial charge in [-0.15, -0.1) is 0 Å². The Hall–Kier alpha value is -1.96. The van der Waals surface area contributed by atoms with Crippen LogP contribution in [0.4, 0.5) is 0 Å². The first-order valence-electron chi connectivity index (χ1n) is 8.77. The quantitative estimate of drug-likeness (QED) is 0.593. The zero-order chi connectivity index (χ0) is 18.2. The number of hydrogen-bond acceptors (Lipinski definition) is 6. The number of thioether (sulfide) groups is 1. The predicted molar refractivity (Wildman–Crippen MR) is 102 cm³/mol. The molecule has 1 aromatic heterocycles. The van der Waals surface area contributed by atoms with Crippen LogP contribution in [-0.2, 0) is 4.74 Å². The Bertz CT molecular complexity index is 686. The van der Waals surface area contributed by atoms with E-state index in [0.29, 0.717) is 5.56 Å². The maximum Gasteiger partial charge on any atom is 0.251 e. The summed E-state index contributed by atoms with van der Waals surface area (Å²) in [6.07, 6.45) is 4.40. The first-order chi connectivity index (χ1) is 12.8. The van der Waals surface area contributed by atoms with Crippen LogP contribution in [0.3, 0.4) is 0 Å². The monoisotopic (exact) mass is 372 g/mol. The second-order valence-electron chi connectivity index (χ2n) is 6.19. The van der Waals surface area contributed by atoms with Crippen molar-refractivity contribution in [1.82, 2.24) is 20.2 Å². The van der Waals surface area contributed by atoms with E-state index in [1.807, 2.05) is 36.4 Å². The van der Waals surface area contributed by atoms with E-state index >= 15 is 0 Å². The summed E-state index contributed by atoms with van der Waals surface area (Å²) in [7, 11) is 1.71. The lowest BCUT2D eigenvalue weighted by Gasteiger charge is -2.38. The summed E-state index contributed by atoms with van der Waals surface area (Å²) in [5.74, 6) is 0.893. The second-order valence-corrected chi connectivity index (χ2v) is 7.25. The van der Waals surface area contributed by atoms with Crippen LogP contribution in [0.1, 0.15) is 16.8 Å². The fourth-order valence-corrected chi connectivity index (χ4v) is 3.86. The van der Waals surface area contributed by atoms with Gasteiger partial charge in [0.1, 0.15) is 0 Å². The molecule has 6 nitrogen and oxygen atoms in total. The smallest absolute Gasteiger partial charge is 0.251 e. The number of benzene rings is 1. The largest absolute Gasteiger partial charge is 0.378 e. The molecule has 1 amide bonds. The van der Waals surface area contributed by atoms with Gasteiger partial charge >= 0.3 is 0 Å². The van der Waals surface area contributed by atoms with Crippen LogP contribution in [-0.4, -0.2) is 65.4 Å². The van der Waals surface area contributed by atoms with Crippen LogP contribution in [0.25, 0.3) is 0 Å². The van der Waals surface area contributed by atoms with E-state index < -0.39 is 0 Å². The zero-order valence-corrected chi connectivity index (χ0v) is 15.7. The van der Waals surface area contributed by atoms with Gasteiger partial charge in [-0.05, 0) is 24.6 Å². The molecule has 2 unspecified atom stereocenters. The third kappa shape index (κ3) is 5.27. The summed E-state index contributed by atoms with van der Waals surface area (Å²) >= 11 is 1.66. The standard InChI is InChI=1S/C19H24N4O2S/c1-25-17-14-23(12-13-26-19-20-9-5-10-21-19)11-8-16(17)22-18(24)15-6-3-2-4-7-15/h2-7,9-10,16-17H,8,11-14H2,1H3,(H,22,24). The SMILES string of the molecule is COC1CN(CCSc2ncccn2)CCC1NC(=O)c1ccccc1. The number of rotatable bonds is 7. The van der Waals surface area contributed by atoms with E-state index in [1.165, 1.54) is 0 Å². The van der Waals surface area contributed by atoms with Gasteiger partial charge in [-0.25, -0.2) is 9.97 Å². The minimum Gasteiger partial charge on any atom is -0.378 e. The number of carbonyl (C=O) groups excluding carboxylic acids is 1. The third-order valence-corrected chi connectivity index (χ3v) is 5.33. The van der Waals surface area contributed by atoms with Crippen molar-refractivity contribution in [3.05, 3.63) is 54.4 Å². The molecule has 3 rings (SSSR count). The fourth-order valence-electron chi connectivity index (χ4n) is 3.05. The van der Waals surface area contributed by atoms with E-state index in [2.05, 4.69) is 20.2 Å². The lowest BCUT2D eigenvalue weighted by Crippen LogP contribution is -2.55. The molecule has 0 bridgehead atoms. The first-order valence-corrected chi connectivity index (χ1v) is 9.75. The normalized spacial score (nSPS) is 20.7. The highest BCUT2D eigenvalue weighted by Crippen LogP contribution is 2.17. The number of piperidine rings is 1. The van der Waals surface area contributed by atoms with Crippen molar-refractivity contribution < 1.29 is 9.53 Å². The molecule has 1 aromatic carbocycles. The highest BCUT2D eigenvalue weighted by molar-refractivity contribution is 7.99. The van der Waals surface area contributed by atoms with E-state index in [9.17, 15) is 4.79 Å². The maximum absolute atomic E-state index is 12.4. The molecule has 7 heteroatoms. The van der Waals surface area contributed by atoms with Gasteiger partial charge in [-0.1, -0.05) is 30.0 Å². The van der Waals surface area contributed by atoms with Crippen molar-refractivity contribution in [3.8, 4) is 0 Å². The molecular formula is C19H24N4O2S. The Kier molecular flexibility index (Phi) is 6.99. The third-order valence-electron chi connectivity index (χ3n) is 4.48. The number of likely N-dealkylation sites (tertiary alicyclic amines) is 1. The Morgan fingerprint density at radius 1 is 1.27 bits per heavy atom. The predicted octanol–water partition coefficient (Wildman–Crippen LogP) is 2.09. The molecule has 2 aromatic rings. The average molecular weight is 372 g/mol. The average Bonchev–Trinajstić information content (AvgIpc) is 2.70. The summed E-state index contributed by atoms with van der Waals surface area (Å²) in [5.41, 5.74) is 0.684. The molecular weight excluding hydrogens is 348 g/mol. The lowest BCUT2D eigenvalue weighted by atomic mass is 10.0. The van der Waals surface area contributed by atoms with Crippen molar-refractivity contribution in [2.24, 2.45) is 0 Å². The van der Waals surface area contributed by atoms with Crippen LogP contribution in [0.15, 0.2) is 53.9 Å². The van der Waals surface area contributed by atoms with Gasteiger partial charge in [-0.3, -0.25) is 9.69 Å². The van der Waals surface area contributed by atoms with Gasteiger partial charge in [0.25, 0.3) is 5.91 Å². The van der Waals surface area contributed by atoms with Crippen molar-refractivity contribution in [2.45, 2.75) is 23.7 Å². The first kappa shape index (κ1) is 18.8. The van der Waals surface area contributed by atoms with Crippen molar-refractivity contribution in [2.75, 3.05) is 32.5 Å². The number of aromatic nitrogens is 2. The Morgan fingerprint density at radius 3 is 2.77 bits per heavy atom. The van der Waals surface area contributed by atoms with Crippen molar-refractivity contribution in [1.29, 1.82) is 0 Å². The van der Waals surface area contributed by atoms with Crippen LogP contribution in [0.2, 0.25) is 0 Å². The van der Waals surface area contributed by atoms with Crippen LogP contribution >= 0.6 is 11.8 Å². The van der Waals surface area contributed by atoms with Crippen LogP contribution in [0.5, 0.6) is 0 Å². The van der Waals surface area contributed by atoms with Crippen molar-refractivity contribution in [3.63, 3.8) is 0 Å². The lowest BCUT2D eigenvalue weighted by molar-refractivity contribution is 0.00837. The minimum atomic E-state index is -0.0390. The summed E-state index contributed by atoms with van der Waals surface area (Å²) in [4.78, 5) is 23.2. The highest BCUT2D eigenvalue weighted by Gasteiger charge is 2.30. The molecule has 26 heavy (non-hydrogen) atoms. The highest BCUT2D eigenvalue weighted by atomic mass is 32.2. The summed E-state index contributed by atoms with van der Waals surface area (Å²) < 4.78 is 5.65. The molecule has 1 fully saturated rings. The van der Waals surface area contributed by atoms with E-state index in [-0.39, 0.29) is 18.1 Å². The molecule has 0 aliphatic carbocycles. The molecule has 2 atom stereocenters. The Morgan fingerprint density at radius 2 is 2.04 bits per heavy atom. The molecule has 0 spiro atoms. The van der Waals surface area contributed by atoms with Gasteiger partial charge in [0, 0.05) is 50.5 Å². The Balaban J connectivity index is 1.46. The minimum absolute atomic E-state index is 0.00520. The van der Waals surface area contributed by atoms with Gasteiger partial charge in [0.15, 0.2) is 5.16 Å². The number of nitrogens with one attached hydrogen (secondary N) is 1. The zero-order valence-electron chi connectivity index (χ0n) is 14.9. The van der Waals surface area contributed by atoms with Gasteiger partial charge in [0.2, 0.25) is 0 Å². The summed E-state index contributed by atoms with van der Waals surface area (Å²) in [5, 5.41) is 3.93. The van der Waals surface area contributed by atoms with Gasteiger partial charge in [0.05, 0.1) is 12.1 Å². The molecule has 2 heterocycles. The van der Waals surface area contributed by atoms with E-state index in [0.717, 1.165) is 37.0 Å². The number of amides is 1. The Labute approximate surface area is 158 Å². The number of ether oxygens (including phenoxy) is 1. The fraction of sp³-hybridized carbons (Fsp3) is 0.421. The number of methoxy groups -OCH3 is 1. The molecule has 1 aliphatic heterocycles. The number of carbonyl (C=O) groups is 1. The molecule has 1 aliphatic rings. The second kappa shape index (κ2) is 9.66. The number of hydrogen-bond donors (Lipinski definition) is 1. The van der Waals surface area contributed by atoms with Crippen molar-refractivity contribution >= 4 is 17.7 Å². The van der Waals surface area contributed by atoms with E-state index in [4.69, 9.17) is 4.74 Å². The molecule has 0 radical (unpaired) electrons. The number of nitrogens with zero attached hydrogens (tertiary/aromatic N) is 3. The maximum atomic E-state index is 12.4. The summed E-state index contributed by atoms with van der Waals surface area (Å²) in [6.45, 7) is 2.70. The van der Waals surface area contributed by atoms with Crippen LogP contribution in [0, 0.1) is 0 Å². The molecule has 138 valence electrons. The molecule has 1 saturated heterocycles. The molecule has 0 saturated carbocycles. The molecule has 1 N–H and O–H groups in total. The van der Waals surface area contributed by atoms with Gasteiger partial charge in [-0.2, -0.15) is 0 Å². The van der Waals surface area contributed by atoms with Crippen LogP contribution < -0.4 is 5.32 Å².